The number of aryl methyl sites for hydroxylation is 1. The van der Waals surface area contributed by atoms with E-state index in [2.05, 4.69) is 17.6 Å². The van der Waals surface area contributed by atoms with Crippen molar-refractivity contribution in [3.05, 3.63) is 29.8 Å². The van der Waals surface area contributed by atoms with E-state index in [1.54, 1.807) is 12.1 Å². The van der Waals surface area contributed by atoms with Gasteiger partial charge < -0.3 is 15.4 Å². The zero-order valence-corrected chi connectivity index (χ0v) is 14.6. The van der Waals surface area contributed by atoms with Crippen LogP contribution >= 0.6 is 0 Å². The highest BCUT2D eigenvalue weighted by atomic mass is 16.5. The number of amides is 2. The Morgan fingerprint density at radius 2 is 1.75 bits per heavy atom. The molecule has 1 aromatic carbocycles. The number of hydrogen-bond donors (Lipinski definition) is 2. The van der Waals surface area contributed by atoms with Gasteiger partial charge in [-0.3, -0.25) is 14.4 Å². The van der Waals surface area contributed by atoms with Crippen LogP contribution in [-0.2, 0) is 25.5 Å². The summed E-state index contributed by atoms with van der Waals surface area (Å²) < 4.78 is 4.83. The standard InChI is InChI=1S/C18H26N2O4/c1-4-14-6-8-15(9-7-14)20-17(22)12-24-18(23)11-19-16(21)10-5-13(2)3/h6-9,13H,4-5,10-12H2,1-3H3,(H,19,21)(H,20,22). The van der Waals surface area contributed by atoms with Crippen molar-refractivity contribution in [2.75, 3.05) is 18.5 Å². The van der Waals surface area contributed by atoms with Gasteiger partial charge in [-0.1, -0.05) is 32.9 Å². The Hall–Kier alpha value is -2.37. The van der Waals surface area contributed by atoms with Crippen molar-refractivity contribution in [3.8, 4) is 0 Å². The minimum absolute atomic E-state index is 0.193. The predicted molar refractivity (Wildman–Crippen MR) is 92.5 cm³/mol. The molecule has 6 nitrogen and oxygen atoms in total. The van der Waals surface area contributed by atoms with Crippen LogP contribution < -0.4 is 10.6 Å². The van der Waals surface area contributed by atoms with E-state index in [1.165, 1.54) is 5.56 Å². The summed E-state index contributed by atoms with van der Waals surface area (Å²) >= 11 is 0. The molecular formula is C18H26N2O4. The fourth-order valence-electron chi connectivity index (χ4n) is 1.90. The summed E-state index contributed by atoms with van der Waals surface area (Å²) in [6.45, 7) is 5.49. The van der Waals surface area contributed by atoms with Gasteiger partial charge in [0.05, 0.1) is 0 Å². The van der Waals surface area contributed by atoms with Crippen molar-refractivity contribution in [3.63, 3.8) is 0 Å². The topological polar surface area (TPSA) is 84.5 Å². The average molecular weight is 334 g/mol. The van der Waals surface area contributed by atoms with Gasteiger partial charge in [-0.2, -0.15) is 0 Å². The summed E-state index contributed by atoms with van der Waals surface area (Å²) in [6, 6.07) is 7.45. The molecule has 0 spiro atoms. The van der Waals surface area contributed by atoms with E-state index < -0.39 is 11.9 Å². The molecule has 24 heavy (non-hydrogen) atoms. The molecule has 0 fully saturated rings. The van der Waals surface area contributed by atoms with Crippen LogP contribution in [0.3, 0.4) is 0 Å². The fraction of sp³-hybridized carbons (Fsp3) is 0.500. The van der Waals surface area contributed by atoms with Gasteiger partial charge >= 0.3 is 5.97 Å². The fourth-order valence-corrected chi connectivity index (χ4v) is 1.90. The van der Waals surface area contributed by atoms with Crippen LogP contribution in [0.25, 0.3) is 0 Å². The second-order valence-electron chi connectivity index (χ2n) is 5.97. The Bertz CT molecular complexity index is 553. The molecule has 0 heterocycles. The summed E-state index contributed by atoms with van der Waals surface area (Å²) in [5.74, 6) is -0.818. The van der Waals surface area contributed by atoms with Gasteiger partial charge in [-0.25, -0.2) is 0 Å². The van der Waals surface area contributed by atoms with Gasteiger partial charge in [0, 0.05) is 12.1 Å². The van der Waals surface area contributed by atoms with Crippen molar-refractivity contribution >= 4 is 23.5 Å². The van der Waals surface area contributed by atoms with Gasteiger partial charge in [0.2, 0.25) is 5.91 Å². The SMILES string of the molecule is CCc1ccc(NC(=O)COC(=O)CNC(=O)CCC(C)C)cc1. The number of benzene rings is 1. The van der Waals surface area contributed by atoms with E-state index >= 15 is 0 Å². The molecule has 0 radical (unpaired) electrons. The number of ether oxygens (including phenoxy) is 1. The number of carbonyl (C=O) groups is 3. The van der Waals surface area contributed by atoms with Gasteiger partial charge in [0.1, 0.15) is 6.54 Å². The number of esters is 1. The monoisotopic (exact) mass is 334 g/mol. The van der Waals surface area contributed by atoms with E-state index in [9.17, 15) is 14.4 Å². The number of hydrogen-bond acceptors (Lipinski definition) is 4. The van der Waals surface area contributed by atoms with Crippen molar-refractivity contribution in [1.29, 1.82) is 0 Å². The Balaban J connectivity index is 2.23. The molecule has 2 amide bonds. The van der Waals surface area contributed by atoms with Gasteiger partial charge in [0.15, 0.2) is 6.61 Å². The first-order valence-electron chi connectivity index (χ1n) is 8.21. The first-order chi connectivity index (χ1) is 11.4. The molecule has 0 aliphatic rings. The first-order valence-corrected chi connectivity index (χ1v) is 8.21. The lowest BCUT2D eigenvalue weighted by Crippen LogP contribution is -2.32. The molecule has 0 aliphatic carbocycles. The highest BCUT2D eigenvalue weighted by molar-refractivity contribution is 5.93. The summed E-state index contributed by atoms with van der Waals surface area (Å²) in [4.78, 5) is 34.7. The largest absolute Gasteiger partial charge is 0.454 e. The molecule has 0 saturated carbocycles. The summed E-state index contributed by atoms with van der Waals surface area (Å²) in [7, 11) is 0. The third-order valence-corrected chi connectivity index (χ3v) is 3.39. The Morgan fingerprint density at radius 1 is 1.08 bits per heavy atom. The molecule has 1 rings (SSSR count). The number of anilines is 1. The summed E-state index contributed by atoms with van der Waals surface area (Å²) in [5.41, 5.74) is 1.82. The molecule has 0 bridgehead atoms. The number of carbonyl (C=O) groups excluding carboxylic acids is 3. The van der Waals surface area contributed by atoms with Crippen LogP contribution in [-0.4, -0.2) is 30.9 Å². The summed E-state index contributed by atoms with van der Waals surface area (Å²) in [5, 5.41) is 5.12. The number of nitrogens with one attached hydrogen (secondary N) is 2. The number of rotatable bonds is 9. The lowest BCUT2D eigenvalue weighted by Gasteiger charge is -2.08. The van der Waals surface area contributed by atoms with Gasteiger partial charge in [-0.05, 0) is 36.5 Å². The average Bonchev–Trinajstić information content (AvgIpc) is 2.57. The van der Waals surface area contributed by atoms with Gasteiger partial charge in [-0.15, -0.1) is 0 Å². The lowest BCUT2D eigenvalue weighted by atomic mass is 10.1. The Morgan fingerprint density at radius 3 is 2.33 bits per heavy atom. The van der Waals surface area contributed by atoms with Crippen LogP contribution in [0.1, 0.15) is 39.2 Å². The zero-order chi connectivity index (χ0) is 17.9. The molecular weight excluding hydrogens is 308 g/mol. The van der Waals surface area contributed by atoms with Crippen molar-refractivity contribution in [1.82, 2.24) is 5.32 Å². The molecule has 0 atom stereocenters. The molecule has 1 aromatic rings. The van der Waals surface area contributed by atoms with E-state index in [0.717, 1.165) is 12.8 Å². The van der Waals surface area contributed by atoms with Crippen LogP contribution in [0.2, 0.25) is 0 Å². The molecule has 2 N–H and O–H groups in total. The van der Waals surface area contributed by atoms with Crippen LogP contribution in [0.5, 0.6) is 0 Å². The molecule has 132 valence electrons. The van der Waals surface area contributed by atoms with Crippen molar-refractivity contribution < 1.29 is 19.1 Å². The Labute approximate surface area is 143 Å². The quantitative estimate of drug-likeness (QED) is 0.679. The second-order valence-corrected chi connectivity index (χ2v) is 5.97. The van der Waals surface area contributed by atoms with Crippen LogP contribution in [0.15, 0.2) is 24.3 Å². The minimum atomic E-state index is -0.635. The van der Waals surface area contributed by atoms with E-state index in [0.29, 0.717) is 18.0 Å². The molecule has 0 aromatic heterocycles. The maximum atomic E-state index is 11.7. The molecule has 0 unspecified atom stereocenters. The van der Waals surface area contributed by atoms with Crippen molar-refractivity contribution in [2.45, 2.75) is 40.0 Å². The van der Waals surface area contributed by atoms with Gasteiger partial charge in [0.25, 0.3) is 5.91 Å². The highest BCUT2D eigenvalue weighted by Gasteiger charge is 2.10. The predicted octanol–water partition coefficient (Wildman–Crippen LogP) is 2.28. The zero-order valence-electron chi connectivity index (χ0n) is 14.6. The maximum Gasteiger partial charge on any atom is 0.325 e. The van der Waals surface area contributed by atoms with Crippen molar-refractivity contribution in [2.24, 2.45) is 5.92 Å². The Kier molecular flexibility index (Phi) is 8.54. The first kappa shape index (κ1) is 19.7. The lowest BCUT2D eigenvalue weighted by molar-refractivity contribution is -0.147. The minimum Gasteiger partial charge on any atom is -0.454 e. The smallest absolute Gasteiger partial charge is 0.325 e. The second kappa shape index (κ2) is 10.4. The molecule has 0 aliphatic heterocycles. The van der Waals surface area contributed by atoms with Crippen LogP contribution in [0, 0.1) is 5.92 Å². The summed E-state index contributed by atoms with van der Waals surface area (Å²) in [6.07, 6.45) is 2.06. The van der Waals surface area contributed by atoms with E-state index in [1.807, 2.05) is 26.0 Å². The highest BCUT2D eigenvalue weighted by Crippen LogP contribution is 2.09. The van der Waals surface area contributed by atoms with E-state index in [-0.39, 0.29) is 19.1 Å². The maximum absolute atomic E-state index is 11.7. The molecule has 0 saturated heterocycles. The normalized spacial score (nSPS) is 10.3. The third kappa shape index (κ3) is 8.31. The van der Waals surface area contributed by atoms with Crippen LogP contribution in [0.4, 0.5) is 5.69 Å². The molecule has 6 heteroatoms. The van der Waals surface area contributed by atoms with E-state index in [4.69, 9.17) is 4.74 Å². The third-order valence-electron chi connectivity index (χ3n) is 3.39.